The summed E-state index contributed by atoms with van der Waals surface area (Å²) in [7, 11) is 0. The van der Waals surface area contributed by atoms with Gasteiger partial charge in [-0.25, -0.2) is 9.97 Å². The highest BCUT2D eigenvalue weighted by Crippen LogP contribution is 2.21. The lowest BCUT2D eigenvalue weighted by Gasteiger charge is -2.08. The third kappa shape index (κ3) is 5.08. The number of nitrogens with zero attached hydrogens (tertiary/aromatic N) is 4. The second-order valence-corrected chi connectivity index (χ2v) is 7.93. The quantitative estimate of drug-likeness (QED) is 0.406. The van der Waals surface area contributed by atoms with Gasteiger partial charge in [0, 0.05) is 34.0 Å². The maximum atomic E-state index is 6.14. The predicted octanol–water partition coefficient (Wildman–Crippen LogP) is 5.14. The maximum absolute atomic E-state index is 6.14. The molecule has 0 amide bonds. The van der Waals surface area contributed by atoms with Gasteiger partial charge in [0.2, 0.25) is 0 Å². The first-order valence-corrected chi connectivity index (χ1v) is 10.4. The number of hydrogen-bond acceptors (Lipinski definition) is 3. The van der Waals surface area contributed by atoms with Crippen LogP contribution >= 0.6 is 23.2 Å². The Balaban J connectivity index is 1.53. The van der Waals surface area contributed by atoms with E-state index in [4.69, 9.17) is 28.2 Å². The minimum Gasteiger partial charge on any atom is -0.233 e. The van der Waals surface area contributed by atoms with E-state index in [2.05, 4.69) is 47.3 Å². The molecule has 0 spiro atoms. The Bertz CT molecular complexity index is 1070. The molecule has 1 atom stereocenters. The molecule has 2 aromatic carbocycles. The van der Waals surface area contributed by atoms with Crippen molar-refractivity contribution in [3.63, 3.8) is 0 Å². The second kappa shape index (κ2) is 8.85. The fourth-order valence-corrected chi connectivity index (χ4v) is 3.60. The third-order valence-corrected chi connectivity index (χ3v) is 5.16. The van der Waals surface area contributed by atoms with Crippen molar-refractivity contribution in [2.24, 2.45) is 5.10 Å². The highest BCUT2D eigenvalue weighted by atomic mass is 35.5. The fraction of sp³-hybridized carbons (Fsp3) is 0.217. The molecule has 0 saturated carbocycles. The number of aromatic nitrogens is 2. The molecular weight excluding hydrogens is 403 g/mol. The molecule has 1 aromatic heterocycles. The zero-order valence-electron chi connectivity index (χ0n) is 16.1. The molecular formula is C23H21Cl2N4+. The lowest BCUT2D eigenvalue weighted by Crippen LogP contribution is -2.05. The minimum atomic E-state index is -0.117. The van der Waals surface area contributed by atoms with Crippen molar-refractivity contribution in [1.82, 2.24) is 9.97 Å². The topological polar surface area (TPSA) is 41.1 Å². The molecule has 1 unspecified atom stereocenters. The first-order valence-electron chi connectivity index (χ1n) is 9.59. The van der Waals surface area contributed by atoms with E-state index >= 15 is 0 Å². The molecule has 6 heteroatoms. The molecule has 29 heavy (non-hydrogen) atoms. The van der Waals surface area contributed by atoms with Crippen molar-refractivity contribution >= 4 is 35.6 Å². The SMILES string of the molecule is CCc1cc(Cc2ccc(C[N+]3=CC(Cl)C=N3)cc2)nc(-c2cccc(Cl)c2)n1. The Morgan fingerprint density at radius 1 is 0.966 bits per heavy atom. The van der Waals surface area contributed by atoms with E-state index in [0.29, 0.717) is 11.6 Å². The lowest BCUT2D eigenvalue weighted by molar-refractivity contribution is -0.541. The van der Waals surface area contributed by atoms with E-state index in [1.165, 1.54) is 11.1 Å². The van der Waals surface area contributed by atoms with Crippen LogP contribution in [0.5, 0.6) is 0 Å². The van der Waals surface area contributed by atoms with Crippen molar-refractivity contribution in [2.45, 2.75) is 31.7 Å². The fourth-order valence-electron chi connectivity index (χ4n) is 3.23. The Labute approximate surface area is 180 Å². The molecule has 0 fully saturated rings. The van der Waals surface area contributed by atoms with Crippen molar-refractivity contribution in [1.29, 1.82) is 0 Å². The third-order valence-electron chi connectivity index (χ3n) is 4.70. The Morgan fingerprint density at radius 3 is 2.41 bits per heavy atom. The van der Waals surface area contributed by atoms with Gasteiger partial charge in [-0.15, -0.1) is 11.6 Å². The molecule has 4 rings (SSSR count). The summed E-state index contributed by atoms with van der Waals surface area (Å²) < 4.78 is 1.86. The van der Waals surface area contributed by atoms with E-state index in [0.717, 1.165) is 35.6 Å². The van der Waals surface area contributed by atoms with Gasteiger partial charge >= 0.3 is 0 Å². The van der Waals surface area contributed by atoms with Crippen LogP contribution in [0.1, 0.15) is 29.4 Å². The zero-order valence-corrected chi connectivity index (χ0v) is 17.6. The van der Waals surface area contributed by atoms with E-state index in [1.807, 2.05) is 35.2 Å². The largest absolute Gasteiger partial charge is 0.233 e. The van der Waals surface area contributed by atoms with Crippen molar-refractivity contribution in [3.8, 4) is 11.4 Å². The van der Waals surface area contributed by atoms with Crippen LogP contribution in [0.3, 0.4) is 0 Å². The summed E-state index contributed by atoms with van der Waals surface area (Å²) in [5, 5.41) is 4.83. The molecule has 2 heterocycles. The molecule has 0 aliphatic carbocycles. The second-order valence-electron chi connectivity index (χ2n) is 6.99. The van der Waals surface area contributed by atoms with Crippen molar-refractivity contribution in [2.75, 3.05) is 0 Å². The van der Waals surface area contributed by atoms with Crippen molar-refractivity contribution in [3.05, 3.63) is 82.1 Å². The minimum absolute atomic E-state index is 0.117. The van der Waals surface area contributed by atoms with Crippen LogP contribution in [-0.2, 0) is 19.4 Å². The summed E-state index contributed by atoms with van der Waals surface area (Å²) in [6.07, 6.45) is 5.24. The highest BCUT2D eigenvalue weighted by Gasteiger charge is 2.16. The number of rotatable bonds is 6. The molecule has 0 bridgehead atoms. The number of halogens is 2. The van der Waals surface area contributed by atoms with Crippen LogP contribution < -0.4 is 0 Å². The molecule has 146 valence electrons. The molecule has 4 nitrogen and oxygen atoms in total. The number of benzene rings is 2. The van der Waals surface area contributed by atoms with Crippen LogP contribution in [0.4, 0.5) is 0 Å². The molecule has 0 N–H and O–H groups in total. The molecule has 0 saturated heterocycles. The Morgan fingerprint density at radius 2 is 1.72 bits per heavy atom. The Hall–Kier alpha value is -2.56. The van der Waals surface area contributed by atoms with E-state index in [9.17, 15) is 0 Å². The smallest absolute Gasteiger partial charge is 0.199 e. The molecule has 0 radical (unpaired) electrons. The number of hydrogen-bond donors (Lipinski definition) is 0. The Kier molecular flexibility index (Phi) is 6.02. The van der Waals surface area contributed by atoms with Gasteiger partial charge in [-0.2, -0.15) is 0 Å². The van der Waals surface area contributed by atoms with Gasteiger partial charge in [0.05, 0.1) is 6.21 Å². The standard InChI is InChI=1S/C23H21Cl2N4/c1-2-21-12-22(28-23(27-21)18-4-3-5-19(24)11-18)10-16-6-8-17(9-7-16)14-29-15-20(25)13-26-29/h3-9,11-13,15,20H,2,10,14H2,1H3/q+1. The van der Waals surface area contributed by atoms with Gasteiger partial charge in [-0.05, 0) is 35.3 Å². The van der Waals surface area contributed by atoms with Crippen LogP contribution in [0, 0.1) is 0 Å². The van der Waals surface area contributed by atoms with Gasteiger partial charge in [0.25, 0.3) is 0 Å². The first-order chi connectivity index (χ1) is 14.1. The summed E-state index contributed by atoms with van der Waals surface area (Å²) in [5.41, 5.74) is 5.35. The average Bonchev–Trinajstić information content (AvgIpc) is 3.14. The summed E-state index contributed by atoms with van der Waals surface area (Å²) in [4.78, 5) is 9.46. The van der Waals surface area contributed by atoms with Crippen LogP contribution in [0.15, 0.2) is 59.7 Å². The van der Waals surface area contributed by atoms with Gasteiger partial charge in [0.15, 0.2) is 24.0 Å². The molecule has 1 aliphatic heterocycles. The van der Waals surface area contributed by atoms with Gasteiger partial charge in [-0.3, -0.25) is 0 Å². The molecule has 3 aromatic rings. The first kappa shape index (κ1) is 19.7. The van der Waals surface area contributed by atoms with Crippen LogP contribution in [0.25, 0.3) is 11.4 Å². The summed E-state index contributed by atoms with van der Waals surface area (Å²) in [5.74, 6) is 0.719. The number of hydrazone groups is 1. The van der Waals surface area contributed by atoms with Gasteiger partial charge in [0.1, 0.15) is 0 Å². The predicted molar refractivity (Wildman–Crippen MR) is 119 cm³/mol. The summed E-state index contributed by atoms with van der Waals surface area (Å²) >= 11 is 12.2. The van der Waals surface area contributed by atoms with Crippen molar-refractivity contribution < 1.29 is 4.68 Å². The highest BCUT2D eigenvalue weighted by molar-refractivity contribution is 6.36. The summed E-state index contributed by atoms with van der Waals surface area (Å²) in [6, 6.07) is 18.3. The van der Waals surface area contributed by atoms with E-state index < -0.39 is 0 Å². The van der Waals surface area contributed by atoms with Gasteiger partial charge < -0.3 is 0 Å². The zero-order chi connectivity index (χ0) is 20.2. The molecule has 1 aliphatic rings. The van der Waals surface area contributed by atoms with Crippen LogP contribution in [0.2, 0.25) is 5.02 Å². The monoisotopic (exact) mass is 423 g/mol. The number of aryl methyl sites for hydroxylation is 1. The maximum Gasteiger partial charge on any atom is 0.199 e. The van der Waals surface area contributed by atoms with E-state index in [1.54, 1.807) is 6.21 Å². The van der Waals surface area contributed by atoms with Crippen LogP contribution in [-0.4, -0.2) is 32.5 Å². The average molecular weight is 424 g/mol. The summed E-state index contributed by atoms with van der Waals surface area (Å²) in [6.45, 7) is 2.82. The lowest BCUT2D eigenvalue weighted by atomic mass is 10.1. The van der Waals surface area contributed by atoms with Gasteiger partial charge in [-0.1, -0.05) is 59.6 Å². The normalized spacial score (nSPS) is 15.6. The van der Waals surface area contributed by atoms with E-state index in [-0.39, 0.29) is 5.38 Å². The number of alkyl halides is 1.